The molecular weight excluding hydrogens is 674 g/mol. The van der Waals surface area contributed by atoms with Gasteiger partial charge in [-0.1, -0.05) is 13.0 Å². The number of aromatic nitrogens is 3. The Morgan fingerprint density at radius 1 is 1.10 bits per heavy atom. The number of nitrogens with zero attached hydrogens (tertiary/aromatic N) is 7. The van der Waals surface area contributed by atoms with E-state index in [2.05, 4.69) is 61.7 Å². The zero-order chi connectivity index (χ0) is 36.4. The van der Waals surface area contributed by atoms with E-state index in [0.29, 0.717) is 46.3 Å². The summed E-state index contributed by atoms with van der Waals surface area (Å²) >= 11 is 1.10. The number of likely N-dealkylation sites (tertiary alicyclic amines) is 2. The lowest BCUT2D eigenvalue weighted by Crippen LogP contribution is -2.42. The Morgan fingerprint density at radius 3 is 2.47 bits per heavy atom. The zero-order valence-electron chi connectivity index (χ0n) is 30.3. The topological polar surface area (TPSA) is 93.3 Å². The molecule has 0 unspecified atom stereocenters. The first-order chi connectivity index (χ1) is 24.3. The minimum absolute atomic E-state index is 0.166. The first-order valence-electron chi connectivity index (χ1n) is 18.1. The number of nitriles is 1. The molecule has 274 valence electrons. The molecule has 51 heavy (non-hydrogen) atoms. The van der Waals surface area contributed by atoms with Crippen LogP contribution in [0.5, 0.6) is 0 Å². The van der Waals surface area contributed by atoms with Crippen LogP contribution in [0, 0.1) is 24.2 Å². The lowest BCUT2D eigenvalue weighted by molar-refractivity contribution is -0.130. The molecule has 1 atom stereocenters. The van der Waals surface area contributed by atoms with Crippen LogP contribution in [0.25, 0.3) is 21.1 Å². The van der Waals surface area contributed by atoms with Gasteiger partial charge in [-0.2, -0.15) is 18.4 Å². The van der Waals surface area contributed by atoms with E-state index in [1.54, 1.807) is 11.0 Å². The van der Waals surface area contributed by atoms with Crippen molar-refractivity contribution >= 4 is 44.2 Å². The van der Waals surface area contributed by atoms with Gasteiger partial charge in [-0.05, 0) is 87.9 Å². The van der Waals surface area contributed by atoms with Crippen LogP contribution in [0.4, 0.5) is 19.0 Å². The molecule has 9 nitrogen and oxygen atoms in total. The summed E-state index contributed by atoms with van der Waals surface area (Å²) in [7, 11) is 3.64. The molecule has 13 heteroatoms. The van der Waals surface area contributed by atoms with Crippen LogP contribution in [0.15, 0.2) is 24.3 Å². The highest BCUT2D eigenvalue weighted by atomic mass is 32.1. The number of alkyl halides is 3. The van der Waals surface area contributed by atoms with E-state index in [-0.39, 0.29) is 22.9 Å². The normalized spacial score (nSPS) is 17.6. The number of rotatable bonds is 11. The largest absolute Gasteiger partial charge is 0.393 e. The summed E-state index contributed by atoms with van der Waals surface area (Å²) in [5, 5.41) is 15.4. The third-order valence-electron chi connectivity index (χ3n) is 10.8. The molecule has 0 saturated carbocycles. The molecule has 2 aliphatic heterocycles. The Labute approximate surface area is 302 Å². The number of piperidine rings is 2. The Hall–Kier alpha value is -3.73. The number of thiophene rings is 1. The van der Waals surface area contributed by atoms with Crippen molar-refractivity contribution in [3.8, 4) is 6.07 Å². The molecule has 0 spiro atoms. The first-order valence-corrected chi connectivity index (χ1v) is 18.9. The van der Waals surface area contributed by atoms with Crippen LogP contribution in [0.2, 0.25) is 0 Å². The van der Waals surface area contributed by atoms with Crippen molar-refractivity contribution in [1.29, 1.82) is 5.26 Å². The molecule has 1 aromatic carbocycles. The fourth-order valence-electron chi connectivity index (χ4n) is 7.63. The van der Waals surface area contributed by atoms with Gasteiger partial charge in [0, 0.05) is 81.0 Å². The van der Waals surface area contributed by atoms with Crippen LogP contribution >= 0.6 is 11.3 Å². The monoisotopic (exact) mass is 722 g/mol. The van der Waals surface area contributed by atoms with Gasteiger partial charge in [0.2, 0.25) is 5.91 Å². The Balaban J connectivity index is 1.08. The maximum Gasteiger partial charge on any atom is 0.393 e. The lowest BCUT2D eigenvalue weighted by Gasteiger charge is -2.36. The van der Waals surface area contributed by atoms with Crippen molar-refractivity contribution in [1.82, 2.24) is 29.2 Å². The van der Waals surface area contributed by atoms with Gasteiger partial charge < -0.3 is 14.8 Å². The minimum Gasteiger partial charge on any atom is -0.367 e. The molecule has 2 saturated heterocycles. The van der Waals surface area contributed by atoms with Gasteiger partial charge in [0.05, 0.1) is 11.8 Å². The van der Waals surface area contributed by atoms with Crippen LogP contribution in [-0.2, 0) is 30.7 Å². The number of nitrogens with one attached hydrogen (secondary N) is 1. The van der Waals surface area contributed by atoms with Gasteiger partial charge in [-0.3, -0.25) is 14.6 Å². The van der Waals surface area contributed by atoms with Gasteiger partial charge in [-0.25, -0.2) is 9.97 Å². The summed E-state index contributed by atoms with van der Waals surface area (Å²) in [5.41, 5.74) is 4.21. The van der Waals surface area contributed by atoms with E-state index in [0.717, 1.165) is 87.2 Å². The average molecular weight is 723 g/mol. The number of anilines is 1. The Bertz CT molecular complexity index is 1890. The smallest absolute Gasteiger partial charge is 0.367 e. The number of benzene rings is 1. The highest BCUT2D eigenvalue weighted by Gasteiger charge is 2.30. The molecular formula is C38H49F3N8OS. The predicted molar refractivity (Wildman–Crippen MR) is 197 cm³/mol. The van der Waals surface area contributed by atoms with Crippen LogP contribution < -0.4 is 5.32 Å². The molecule has 0 bridgehead atoms. The molecule has 2 aliphatic rings. The number of hydrogen-bond donors (Lipinski definition) is 1. The van der Waals surface area contributed by atoms with Gasteiger partial charge in [0.25, 0.3) is 0 Å². The molecule has 5 heterocycles. The van der Waals surface area contributed by atoms with E-state index in [9.17, 15) is 23.2 Å². The maximum absolute atomic E-state index is 13.1. The van der Waals surface area contributed by atoms with E-state index >= 15 is 0 Å². The van der Waals surface area contributed by atoms with Gasteiger partial charge in [0.15, 0.2) is 0 Å². The predicted octanol–water partition coefficient (Wildman–Crippen LogP) is 7.15. The van der Waals surface area contributed by atoms with Crippen LogP contribution in [-0.4, -0.2) is 93.7 Å². The third-order valence-corrected chi connectivity index (χ3v) is 11.8. The molecule has 0 aliphatic carbocycles. The SMILES string of the molecule is CCc1nc(NC2CCN(Cc3ccc4c(cc(C#N)n4C[C@H](C)N4CCC(CC(=O)N(C)C)CC4)c3C)CC2)c2cc(CC(F)(F)F)sc2n1. The summed E-state index contributed by atoms with van der Waals surface area (Å²) in [6.45, 7) is 11.6. The van der Waals surface area contributed by atoms with Crippen molar-refractivity contribution in [2.45, 2.75) is 97.1 Å². The number of carbonyl (C=O) groups excluding carboxylic acids is 1. The molecule has 3 aromatic heterocycles. The number of fused-ring (bicyclic) bond motifs is 2. The standard InChI is InChI=1S/C38H49F3N8OS/c1-6-34-44-36(32-19-30(20-38(39,40)41)51-37(32)45-34)43-28-11-13-47(14-12-28)23-27-7-8-33-31(25(27)3)18-29(21-42)49(33)22-24(2)48-15-9-26(10-16-48)17-35(50)46(4)5/h7-8,18-19,24,26,28H,6,9-17,20,22-23H2,1-5H3,(H,43,44,45)/t24-/m0/s1. The molecule has 6 rings (SSSR count). The molecule has 0 radical (unpaired) electrons. The number of amides is 1. The molecule has 4 aromatic rings. The second-order valence-electron chi connectivity index (χ2n) is 14.6. The number of hydrogen-bond acceptors (Lipinski definition) is 8. The second-order valence-corrected chi connectivity index (χ2v) is 15.7. The van der Waals surface area contributed by atoms with Crippen LogP contribution in [0.3, 0.4) is 0 Å². The van der Waals surface area contributed by atoms with Gasteiger partial charge >= 0.3 is 6.18 Å². The molecule has 1 amide bonds. The van der Waals surface area contributed by atoms with E-state index in [1.807, 2.05) is 27.1 Å². The van der Waals surface area contributed by atoms with E-state index in [1.165, 1.54) is 11.1 Å². The minimum atomic E-state index is -4.26. The van der Waals surface area contributed by atoms with Crippen molar-refractivity contribution in [2.75, 3.05) is 45.6 Å². The summed E-state index contributed by atoms with van der Waals surface area (Å²) in [6, 6.07) is 10.9. The van der Waals surface area contributed by atoms with Crippen molar-refractivity contribution in [3.63, 3.8) is 0 Å². The average Bonchev–Trinajstić information content (AvgIpc) is 3.66. The highest BCUT2D eigenvalue weighted by molar-refractivity contribution is 7.18. The maximum atomic E-state index is 13.1. The van der Waals surface area contributed by atoms with Crippen LogP contribution in [0.1, 0.15) is 73.5 Å². The zero-order valence-corrected chi connectivity index (χ0v) is 31.1. The van der Waals surface area contributed by atoms with Crippen molar-refractivity contribution in [3.05, 3.63) is 51.8 Å². The second kappa shape index (κ2) is 15.5. The van der Waals surface area contributed by atoms with E-state index < -0.39 is 12.6 Å². The number of halogens is 3. The summed E-state index contributed by atoms with van der Waals surface area (Å²) < 4.78 is 41.5. The lowest BCUT2D eigenvalue weighted by atomic mass is 9.92. The van der Waals surface area contributed by atoms with Gasteiger partial charge in [-0.15, -0.1) is 11.3 Å². The highest BCUT2D eigenvalue weighted by Crippen LogP contribution is 2.34. The van der Waals surface area contributed by atoms with E-state index in [4.69, 9.17) is 0 Å². The van der Waals surface area contributed by atoms with Crippen molar-refractivity contribution < 1.29 is 18.0 Å². The number of aryl methyl sites for hydroxylation is 2. The summed E-state index contributed by atoms with van der Waals surface area (Å²) in [5.74, 6) is 1.90. The fraction of sp³-hybridized carbons (Fsp3) is 0.579. The Morgan fingerprint density at radius 2 is 1.82 bits per heavy atom. The third kappa shape index (κ3) is 8.67. The van der Waals surface area contributed by atoms with Gasteiger partial charge in [0.1, 0.15) is 28.2 Å². The Kier molecular flexibility index (Phi) is 11.2. The summed E-state index contributed by atoms with van der Waals surface area (Å²) in [4.78, 5) is 28.9. The van der Waals surface area contributed by atoms with Crippen molar-refractivity contribution in [2.24, 2.45) is 5.92 Å². The first kappa shape index (κ1) is 37.0. The number of carbonyl (C=O) groups is 1. The quantitative estimate of drug-likeness (QED) is 0.176. The fourth-order valence-corrected chi connectivity index (χ4v) is 8.70. The molecule has 2 fully saturated rings. The summed E-state index contributed by atoms with van der Waals surface area (Å²) in [6.07, 6.45) is -0.177. The molecule has 1 N–H and O–H groups in total.